The van der Waals surface area contributed by atoms with Crippen LogP contribution >= 0.6 is 0 Å². The van der Waals surface area contributed by atoms with Crippen LogP contribution in [0.4, 0.5) is 10.6 Å². The number of amides is 1. The SMILES string of the molecule is C#Cc1cn([C@@H]2O[C@H](C)[C@@H](OC(C)=O)[C@H]2OC(C)=O)c(=O)nc1NC(=O)OCCC(C)(C)OC. The number of nitrogens with one attached hydrogen (secondary N) is 1. The minimum atomic E-state index is -1.17. The van der Waals surface area contributed by atoms with Crippen molar-refractivity contribution in [1.29, 1.82) is 0 Å². The van der Waals surface area contributed by atoms with Gasteiger partial charge in [0.1, 0.15) is 0 Å². The molecular weight excluding hydrogens is 450 g/mol. The van der Waals surface area contributed by atoms with Gasteiger partial charge in [-0.2, -0.15) is 4.98 Å². The van der Waals surface area contributed by atoms with Crippen molar-refractivity contribution in [3.05, 3.63) is 22.2 Å². The number of terminal acetylenes is 1. The lowest BCUT2D eigenvalue weighted by Gasteiger charge is -2.24. The predicted octanol–water partition coefficient (Wildman–Crippen LogP) is 1.37. The molecule has 12 heteroatoms. The fraction of sp³-hybridized carbons (Fsp3) is 0.591. The van der Waals surface area contributed by atoms with Gasteiger partial charge in [0, 0.05) is 33.6 Å². The van der Waals surface area contributed by atoms with Crippen LogP contribution < -0.4 is 11.0 Å². The molecule has 1 aromatic rings. The molecule has 34 heavy (non-hydrogen) atoms. The van der Waals surface area contributed by atoms with E-state index in [2.05, 4.69) is 16.2 Å². The molecule has 12 nitrogen and oxygen atoms in total. The number of methoxy groups -OCH3 is 1. The molecule has 0 aromatic carbocycles. The maximum absolute atomic E-state index is 12.8. The Hall–Kier alpha value is -3.43. The second kappa shape index (κ2) is 11.1. The molecular formula is C22H29N3O9. The first-order chi connectivity index (χ1) is 15.9. The molecule has 2 rings (SSSR count). The van der Waals surface area contributed by atoms with Crippen LogP contribution in [-0.4, -0.2) is 65.2 Å². The van der Waals surface area contributed by atoms with Crippen molar-refractivity contribution in [3.8, 4) is 12.3 Å². The number of hydrogen-bond donors (Lipinski definition) is 1. The number of ether oxygens (including phenoxy) is 5. The quantitative estimate of drug-likeness (QED) is 0.330. The molecule has 0 bridgehead atoms. The Morgan fingerprint density at radius 3 is 2.41 bits per heavy atom. The van der Waals surface area contributed by atoms with Crippen LogP contribution in [0.3, 0.4) is 0 Å². The van der Waals surface area contributed by atoms with E-state index in [9.17, 15) is 19.2 Å². The number of nitrogens with zero attached hydrogens (tertiary/aromatic N) is 2. The minimum absolute atomic E-state index is 0.0440. The van der Waals surface area contributed by atoms with E-state index in [-0.39, 0.29) is 18.0 Å². The smallest absolute Gasteiger partial charge is 0.412 e. The van der Waals surface area contributed by atoms with Gasteiger partial charge in [-0.1, -0.05) is 5.92 Å². The molecule has 0 aliphatic carbocycles. The number of anilines is 1. The second-order valence-corrected chi connectivity index (χ2v) is 8.19. The van der Waals surface area contributed by atoms with E-state index in [0.717, 1.165) is 4.57 Å². The highest BCUT2D eigenvalue weighted by molar-refractivity contribution is 5.84. The molecule has 1 aromatic heterocycles. The minimum Gasteiger partial charge on any atom is -0.456 e. The Morgan fingerprint density at radius 1 is 1.24 bits per heavy atom. The van der Waals surface area contributed by atoms with E-state index >= 15 is 0 Å². The molecule has 1 amide bonds. The number of carbonyl (C=O) groups excluding carboxylic acids is 3. The van der Waals surface area contributed by atoms with Crippen LogP contribution in [-0.2, 0) is 33.3 Å². The average molecular weight is 479 g/mol. The van der Waals surface area contributed by atoms with E-state index in [4.69, 9.17) is 30.1 Å². The number of aromatic nitrogens is 2. The summed E-state index contributed by atoms with van der Waals surface area (Å²) in [5.41, 5.74) is -1.29. The Labute approximate surface area is 196 Å². The zero-order chi connectivity index (χ0) is 25.6. The largest absolute Gasteiger partial charge is 0.456 e. The van der Waals surface area contributed by atoms with Crippen molar-refractivity contribution < 1.29 is 38.1 Å². The number of hydrogen-bond acceptors (Lipinski definition) is 10. The van der Waals surface area contributed by atoms with E-state index in [0.29, 0.717) is 6.42 Å². The van der Waals surface area contributed by atoms with Gasteiger partial charge in [0.05, 0.1) is 23.9 Å². The lowest BCUT2D eigenvalue weighted by molar-refractivity contribution is -0.165. The molecule has 1 N–H and O–H groups in total. The summed E-state index contributed by atoms with van der Waals surface area (Å²) in [5, 5.41) is 2.35. The molecule has 1 aliphatic rings. The molecule has 0 spiro atoms. The Morgan fingerprint density at radius 2 is 1.85 bits per heavy atom. The van der Waals surface area contributed by atoms with E-state index < -0.39 is 53.9 Å². The van der Waals surface area contributed by atoms with E-state index in [1.807, 2.05) is 13.8 Å². The standard InChI is InChI=1S/C22H29N3O9/c1-8-15-11-25(19-17(34-14(4)27)16(12(2)32-19)33-13(3)26)20(28)23-18(15)24-21(29)31-10-9-22(5,6)30-7/h1,11-12,16-17,19H,9-10H2,2-7H3,(H,23,24,28,29)/t12-,16-,17-,19-/m1/s1. The van der Waals surface area contributed by atoms with Crippen LogP contribution in [0.2, 0.25) is 0 Å². The summed E-state index contributed by atoms with van der Waals surface area (Å²) < 4.78 is 27.6. The molecule has 4 atom stereocenters. The summed E-state index contributed by atoms with van der Waals surface area (Å²) in [6.45, 7) is 7.71. The van der Waals surface area contributed by atoms with Gasteiger partial charge in [-0.15, -0.1) is 6.42 Å². The van der Waals surface area contributed by atoms with Gasteiger partial charge in [-0.3, -0.25) is 19.5 Å². The monoisotopic (exact) mass is 479 g/mol. The van der Waals surface area contributed by atoms with Crippen molar-refractivity contribution >= 4 is 23.8 Å². The van der Waals surface area contributed by atoms with Crippen molar-refractivity contribution in [2.75, 3.05) is 19.0 Å². The number of esters is 2. The predicted molar refractivity (Wildman–Crippen MR) is 118 cm³/mol. The normalized spacial score (nSPS) is 21.9. The summed E-state index contributed by atoms with van der Waals surface area (Å²) in [7, 11) is 1.55. The fourth-order valence-electron chi connectivity index (χ4n) is 3.18. The van der Waals surface area contributed by atoms with Crippen LogP contribution in [0.15, 0.2) is 11.0 Å². The third kappa shape index (κ3) is 6.79. The lowest BCUT2D eigenvalue weighted by Crippen LogP contribution is -2.40. The maximum atomic E-state index is 12.8. The van der Waals surface area contributed by atoms with Gasteiger partial charge in [0.15, 0.2) is 24.3 Å². The highest BCUT2D eigenvalue weighted by Crippen LogP contribution is 2.33. The maximum Gasteiger partial charge on any atom is 0.412 e. The van der Waals surface area contributed by atoms with Crippen molar-refractivity contribution in [1.82, 2.24) is 9.55 Å². The van der Waals surface area contributed by atoms with Gasteiger partial charge in [-0.25, -0.2) is 9.59 Å². The zero-order valence-electron chi connectivity index (χ0n) is 19.9. The first-order valence-corrected chi connectivity index (χ1v) is 10.5. The van der Waals surface area contributed by atoms with Gasteiger partial charge in [-0.05, 0) is 20.8 Å². The lowest BCUT2D eigenvalue weighted by atomic mass is 10.1. The van der Waals surface area contributed by atoms with Crippen LogP contribution in [0.1, 0.15) is 52.8 Å². The molecule has 186 valence electrons. The van der Waals surface area contributed by atoms with Gasteiger partial charge in [0.25, 0.3) is 0 Å². The number of carbonyl (C=O) groups is 3. The highest BCUT2D eigenvalue weighted by Gasteiger charge is 2.48. The molecule has 1 aliphatic heterocycles. The third-order valence-electron chi connectivity index (χ3n) is 5.12. The van der Waals surface area contributed by atoms with E-state index in [1.54, 1.807) is 14.0 Å². The van der Waals surface area contributed by atoms with Crippen LogP contribution in [0, 0.1) is 12.3 Å². The molecule has 0 saturated carbocycles. The van der Waals surface area contributed by atoms with Crippen molar-refractivity contribution in [2.24, 2.45) is 0 Å². The van der Waals surface area contributed by atoms with E-state index in [1.165, 1.54) is 20.0 Å². The summed E-state index contributed by atoms with van der Waals surface area (Å²) in [6.07, 6.45) is 2.38. The Kier molecular flexibility index (Phi) is 8.78. The first-order valence-electron chi connectivity index (χ1n) is 10.5. The summed E-state index contributed by atoms with van der Waals surface area (Å²) in [4.78, 5) is 51.9. The fourth-order valence-corrected chi connectivity index (χ4v) is 3.18. The summed E-state index contributed by atoms with van der Waals surface area (Å²) in [6, 6.07) is 0. The molecule has 1 saturated heterocycles. The molecule has 0 unspecified atom stereocenters. The van der Waals surface area contributed by atoms with Crippen LogP contribution in [0.25, 0.3) is 0 Å². The number of rotatable bonds is 8. The Bertz CT molecular complexity index is 1030. The Balaban J connectivity index is 2.27. The van der Waals surface area contributed by atoms with Gasteiger partial charge >= 0.3 is 23.7 Å². The third-order valence-corrected chi connectivity index (χ3v) is 5.12. The molecule has 1 fully saturated rings. The second-order valence-electron chi connectivity index (χ2n) is 8.19. The zero-order valence-corrected chi connectivity index (χ0v) is 19.9. The van der Waals surface area contributed by atoms with Gasteiger partial charge < -0.3 is 23.7 Å². The topological polar surface area (TPSA) is 144 Å². The molecule has 0 radical (unpaired) electrons. The van der Waals surface area contributed by atoms with Gasteiger partial charge in [0.2, 0.25) is 0 Å². The summed E-state index contributed by atoms with van der Waals surface area (Å²) >= 11 is 0. The summed E-state index contributed by atoms with van der Waals surface area (Å²) in [5.74, 6) is 0.865. The van der Waals surface area contributed by atoms with Crippen molar-refractivity contribution in [3.63, 3.8) is 0 Å². The van der Waals surface area contributed by atoms with Crippen LogP contribution in [0.5, 0.6) is 0 Å². The average Bonchev–Trinajstić information content (AvgIpc) is 3.02. The molecule has 2 heterocycles. The van der Waals surface area contributed by atoms with Crippen molar-refractivity contribution in [2.45, 2.75) is 71.2 Å². The first kappa shape index (κ1) is 26.8. The highest BCUT2D eigenvalue weighted by atomic mass is 16.6.